The fourth-order valence-electron chi connectivity index (χ4n) is 6.38. The standard InChI is InChI=1S/C19H30O4/c1-12-11-14(22-13(2)20)16-17(3,4)8-6-9-18(16,5)19(12)10-7-15(21)23-19/h12,14,16H,6-11H2,1-5H3/t12-,14+,16+,18+,19+/m1/s1. The first kappa shape index (κ1) is 16.8. The first-order valence-corrected chi connectivity index (χ1v) is 9.01. The molecule has 1 heterocycles. The van der Waals surface area contributed by atoms with Gasteiger partial charge in [-0.2, -0.15) is 0 Å². The van der Waals surface area contributed by atoms with Gasteiger partial charge in [-0.3, -0.25) is 9.59 Å². The molecular formula is C19H30O4. The fourth-order valence-corrected chi connectivity index (χ4v) is 6.38. The molecule has 0 aromatic rings. The van der Waals surface area contributed by atoms with Crippen molar-refractivity contribution in [2.75, 3.05) is 0 Å². The van der Waals surface area contributed by atoms with Gasteiger partial charge < -0.3 is 9.47 Å². The number of carbonyl (C=O) groups is 2. The molecule has 0 bridgehead atoms. The Kier molecular flexibility index (Phi) is 3.81. The molecule has 1 spiro atoms. The highest BCUT2D eigenvalue weighted by molar-refractivity contribution is 5.72. The van der Waals surface area contributed by atoms with Crippen LogP contribution < -0.4 is 0 Å². The van der Waals surface area contributed by atoms with E-state index in [0.29, 0.717) is 6.42 Å². The van der Waals surface area contributed by atoms with Gasteiger partial charge in [-0.25, -0.2) is 0 Å². The van der Waals surface area contributed by atoms with Crippen molar-refractivity contribution in [3.63, 3.8) is 0 Å². The van der Waals surface area contributed by atoms with Crippen LogP contribution in [0.25, 0.3) is 0 Å². The molecule has 130 valence electrons. The molecule has 0 radical (unpaired) electrons. The van der Waals surface area contributed by atoms with Crippen molar-refractivity contribution in [2.24, 2.45) is 22.7 Å². The van der Waals surface area contributed by atoms with Gasteiger partial charge in [0.1, 0.15) is 11.7 Å². The summed E-state index contributed by atoms with van der Waals surface area (Å²) in [6.45, 7) is 10.5. The number of carbonyl (C=O) groups excluding carboxylic acids is 2. The molecule has 0 amide bonds. The van der Waals surface area contributed by atoms with Gasteiger partial charge in [-0.05, 0) is 31.1 Å². The van der Waals surface area contributed by atoms with Gasteiger partial charge in [-0.15, -0.1) is 0 Å². The Morgan fingerprint density at radius 3 is 2.48 bits per heavy atom. The first-order chi connectivity index (χ1) is 10.6. The minimum atomic E-state index is -0.386. The second kappa shape index (κ2) is 5.22. The van der Waals surface area contributed by atoms with Gasteiger partial charge in [0.15, 0.2) is 0 Å². The SMILES string of the molecule is CC(=O)O[C@H]1C[C@@H](C)[C@@]2(CCC(=O)O2)[C@@]2(C)CCCC(C)(C)[C@H]12. The zero-order valence-corrected chi connectivity index (χ0v) is 15.1. The second-order valence-electron chi connectivity index (χ2n) is 8.89. The maximum Gasteiger partial charge on any atom is 0.306 e. The number of esters is 2. The quantitative estimate of drug-likeness (QED) is 0.688. The summed E-state index contributed by atoms with van der Waals surface area (Å²) in [5, 5.41) is 0. The van der Waals surface area contributed by atoms with E-state index in [2.05, 4.69) is 27.7 Å². The van der Waals surface area contributed by atoms with Crippen LogP contribution in [-0.2, 0) is 19.1 Å². The molecule has 5 atom stereocenters. The van der Waals surface area contributed by atoms with Crippen LogP contribution in [0, 0.1) is 22.7 Å². The first-order valence-electron chi connectivity index (χ1n) is 9.01. The smallest absolute Gasteiger partial charge is 0.306 e. The molecule has 3 aliphatic rings. The third-order valence-electron chi connectivity index (χ3n) is 7.08. The normalized spacial score (nSPS) is 45.4. The van der Waals surface area contributed by atoms with Crippen molar-refractivity contribution in [2.45, 2.75) is 84.8 Å². The van der Waals surface area contributed by atoms with Crippen molar-refractivity contribution in [3.05, 3.63) is 0 Å². The highest BCUT2D eigenvalue weighted by Gasteiger charge is 2.68. The summed E-state index contributed by atoms with van der Waals surface area (Å²) in [5.74, 6) is 0.180. The van der Waals surface area contributed by atoms with E-state index in [1.165, 1.54) is 6.92 Å². The Balaban J connectivity index is 2.07. The van der Waals surface area contributed by atoms with Crippen LogP contribution in [0.5, 0.6) is 0 Å². The zero-order chi connectivity index (χ0) is 17.0. The van der Waals surface area contributed by atoms with Crippen molar-refractivity contribution >= 4 is 11.9 Å². The van der Waals surface area contributed by atoms with Crippen LogP contribution in [0.2, 0.25) is 0 Å². The molecule has 3 rings (SSSR count). The lowest BCUT2D eigenvalue weighted by atomic mass is 9.43. The minimum absolute atomic E-state index is 0.0638. The van der Waals surface area contributed by atoms with Gasteiger partial charge in [0.25, 0.3) is 0 Å². The summed E-state index contributed by atoms with van der Waals surface area (Å²) in [6, 6.07) is 0. The molecule has 0 unspecified atom stereocenters. The van der Waals surface area contributed by atoms with E-state index in [9.17, 15) is 9.59 Å². The Morgan fingerprint density at radius 1 is 1.22 bits per heavy atom. The molecule has 2 aliphatic carbocycles. The van der Waals surface area contributed by atoms with Crippen molar-refractivity contribution in [3.8, 4) is 0 Å². The zero-order valence-electron chi connectivity index (χ0n) is 15.1. The predicted molar refractivity (Wildman–Crippen MR) is 86.6 cm³/mol. The number of ether oxygens (including phenoxy) is 2. The number of hydrogen-bond acceptors (Lipinski definition) is 4. The largest absolute Gasteiger partial charge is 0.462 e. The predicted octanol–water partition coefficient (Wildman–Crippen LogP) is 3.87. The molecular weight excluding hydrogens is 292 g/mol. The summed E-state index contributed by atoms with van der Waals surface area (Å²) in [6.07, 6.45) is 5.34. The maximum absolute atomic E-state index is 12.0. The van der Waals surface area contributed by atoms with E-state index >= 15 is 0 Å². The Bertz CT molecular complexity index is 525. The third kappa shape index (κ3) is 2.32. The van der Waals surface area contributed by atoms with Gasteiger partial charge in [-0.1, -0.05) is 34.1 Å². The van der Waals surface area contributed by atoms with Crippen LogP contribution in [0.15, 0.2) is 0 Å². The molecule has 0 aromatic heterocycles. The van der Waals surface area contributed by atoms with Crippen molar-refractivity contribution in [1.29, 1.82) is 0 Å². The second-order valence-corrected chi connectivity index (χ2v) is 8.89. The van der Waals surface area contributed by atoms with E-state index in [1.807, 2.05) is 0 Å². The third-order valence-corrected chi connectivity index (χ3v) is 7.08. The van der Waals surface area contributed by atoms with Crippen LogP contribution in [0.4, 0.5) is 0 Å². The van der Waals surface area contributed by atoms with Crippen LogP contribution in [0.1, 0.15) is 73.1 Å². The van der Waals surface area contributed by atoms with Gasteiger partial charge in [0.2, 0.25) is 0 Å². The summed E-state index contributed by atoms with van der Waals surface area (Å²) in [7, 11) is 0. The average Bonchev–Trinajstić information content (AvgIpc) is 2.79. The van der Waals surface area contributed by atoms with Gasteiger partial charge in [0, 0.05) is 30.6 Å². The van der Waals surface area contributed by atoms with E-state index in [0.717, 1.165) is 32.1 Å². The molecule has 23 heavy (non-hydrogen) atoms. The van der Waals surface area contributed by atoms with Crippen molar-refractivity contribution in [1.82, 2.24) is 0 Å². The molecule has 0 aromatic carbocycles. The fraction of sp³-hybridized carbons (Fsp3) is 0.895. The molecule has 1 aliphatic heterocycles. The van der Waals surface area contributed by atoms with Crippen LogP contribution in [-0.4, -0.2) is 23.6 Å². The molecule has 1 saturated heterocycles. The summed E-state index contributed by atoms with van der Waals surface area (Å²) >= 11 is 0. The van der Waals surface area contributed by atoms with E-state index in [4.69, 9.17) is 9.47 Å². The lowest BCUT2D eigenvalue weighted by Gasteiger charge is -2.64. The molecule has 0 N–H and O–H groups in total. The maximum atomic E-state index is 12.0. The molecule has 2 saturated carbocycles. The Morgan fingerprint density at radius 2 is 1.91 bits per heavy atom. The Labute approximate surface area is 139 Å². The lowest BCUT2D eigenvalue weighted by molar-refractivity contribution is -0.247. The van der Waals surface area contributed by atoms with E-state index in [1.54, 1.807) is 0 Å². The topological polar surface area (TPSA) is 52.6 Å². The lowest BCUT2D eigenvalue weighted by Crippen LogP contribution is -2.66. The Hall–Kier alpha value is -1.06. The highest BCUT2D eigenvalue weighted by atomic mass is 16.6. The molecule has 4 nitrogen and oxygen atoms in total. The van der Waals surface area contributed by atoms with Crippen LogP contribution >= 0.6 is 0 Å². The van der Waals surface area contributed by atoms with Crippen molar-refractivity contribution < 1.29 is 19.1 Å². The average molecular weight is 322 g/mol. The molecule has 3 fully saturated rings. The number of fused-ring (bicyclic) bond motifs is 2. The van der Waals surface area contributed by atoms with Gasteiger partial charge in [0.05, 0.1) is 0 Å². The van der Waals surface area contributed by atoms with E-state index < -0.39 is 0 Å². The summed E-state index contributed by atoms with van der Waals surface area (Å²) in [4.78, 5) is 23.7. The van der Waals surface area contributed by atoms with Gasteiger partial charge >= 0.3 is 11.9 Å². The molecule has 4 heteroatoms. The number of hydrogen-bond donors (Lipinski definition) is 0. The van der Waals surface area contributed by atoms with Crippen LogP contribution in [0.3, 0.4) is 0 Å². The monoisotopic (exact) mass is 322 g/mol. The summed E-state index contributed by atoms with van der Waals surface area (Å²) < 4.78 is 11.8. The van der Waals surface area contributed by atoms with E-state index in [-0.39, 0.29) is 46.3 Å². The number of rotatable bonds is 1. The minimum Gasteiger partial charge on any atom is -0.462 e. The highest BCUT2D eigenvalue weighted by Crippen LogP contribution is 2.66. The summed E-state index contributed by atoms with van der Waals surface area (Å²) in [5.41, 5.74) is -0.433.